The van der Waals surface area contributed by atoms with Crippen molar-refractivity contribution in [2.45, 2.75) is 13.3 Å². The van der Waals surface area contributed by atoms with Crippen LogP contribution < -0.4 is 0 Å². The summed E-state index contributed by atoms with van der Waals surface area (Å²) in [4.78, 5) is 17.4. The van der Waals surface area contributed by atoms with E-state index in [1.165, 1.54) is 5.56 Å². The minimum Gasteiger partial charge on any atom is -0.463 e. The molecule has 0 bridgehead atoms. The monoisotopic (exact) mass is 248 g/mol. The number of carbonyl (C=O) groups excluding carboxylic acids is 1. The second kappa shape index (κ2) is 7.61. The molecular formula is C14H20N2O2. The Morgan fingerprint density at radius 2 is 2.11 bits per heavy atom. The lowest BCUT2D eigenvalue weighted by atomic mass is 10.2. The number of hydrogen-bond donors (Lipinski definition) is 0. The van der Waals surface area contributed by atoms with Gasteiger partial charge in [-0.3, -0.25) is 4.98 Å². The summed E-state index contributed by atoms with van der Waals surface area (Å²) in [5.74, 6) is -0.312. The van der Waals surface area contributed by atoms with Gasteiger partial charge in [0, 0.05) is 31.1 Å². The summed E-state index contributed by atoms with van der Waals surface area (Å²) in [5, 5.41) is 0. The number of aromatic nitrogens is 1. The lowest BCUT2D eigenvalue weighted by molar-refractivity contribution is -0.138. The predicted molar refractivity (Wildman–Crippen MR) is 71.2 cm³/mol. The lowest BCUT2D eigenvalue weighted by Gasteiger charge is -2.17. The first kappa shape index (κ1) is 14.4. The van der Waals surface area contributed by atoms with Crippen LogP contribution in [0.3, 0.4) is 0 Å². The number of pyridine rings is 1. The van der Waals surface area contributed by atoms with Crippen molar-refractivity contribution in [1.82, 2.24) is 9.88 Å². The zero-order chi connectivity index (χ0) is 13.4. The molecule has 0 amide bonds. The highest BCUT2D eigenvalue weighted by molar-refractivity contribution is 5.88. The molecule has 98 valence electrons. The molecule has 0 saturated heterocycles. The second-order valence-electron chi connectivity index (χ2n) is 4.17. The van der Waals surface area contributed by atoms with Gasteiger partial charge >= 0.3 is 5.97 Å². The largest absolute Gasteiger partial charge is 0.463 e. The molecule has 18 heavy (non-hydrogen) atoms. The highest BCUT2D eigenvalue weighted by Gasteiger charge is 2.10. The van der Waals surface area contributed by atoms with Gasteiger partial charge in [-0.15, -0.1) is 0 Å². The zero-order valence-corrected chi connectivity index (χ0v) is 11.1. The molecule has 0 aliphatic heterocycles. The second-order valence-corrected chi connectivity index (χ2v) is 4.17. The fourth-order valence-corrected chi connectivity index (χ4v) is 1.57. The summed E-state index contributed by atoms with van der Waals surface area (Å²) in [6.07, 6.45) is 4.49. The molecule has 0 aromatic carbocycles. The third kappa shape index (κ3) is 5.10. The Labute approximate surface area is 108 Å². The van der Waals surface area contributed by atoms with Gasteiger partial charge < -0.3 is 9.64 Å². The highest BCUT2D eigenvalue weighted by Crippen LogP contribution is 2.02. The van der Waals surface area contributed by atoms with E-state index in [0.717, 1.165) is 13.0 Å². The van der Waals surface area contributed by atoms with Gasteiger partial charge in [0.25, 0.3) is 0 Å². The van der Waals surface area contributed by atoms with Gasteiger partial charge in [-0.25, -0.2) is 4.79 Å². The van der Waals surface area contributed by atoms with Gasteiger partial charge in [0.1, 0.15) is 0 Å². The molecule has 0 N–H and O–H groups in total. The van der Waals surface area contributed by atoms with Crippen LogP contribution in [0.1, 0.15) is 12.5 Å². The Bertz CT molecular complexity index is 390. The molecule has 0 aliphatic carbocycles. The van der Waals surface area contributed by atoms with Crippen molar-refractivity contribution < 1.29 is 9.53 Å². The van der Waals surface area contributed by atoms with Crippen LogP contribution in [-0.4, -0.2) is 42.6 Å². The van der Waals surface area contributed by atoms with E-state index in [-0.39, 0.29) is 5.97 Å². The molecule has 1 aromatic heterocycles. The first-order valence-corrected chi connectivity index (χ1v) is 6.05. The average molecular weight is 248 g/mol. The molecular weight excluding hydrogens is 228 g/mol. The summed E-state index contributed by atoms with van der Waals surface area (Å²) in [6, 6.07) is 3.99. The van der Waals surface area contributed by atoms with Crippen LogP contribution in [0.5, 0.6) is 0 Å². The van der Waals surface area contributed by atoms with Crippen LogP contribution in [0.2, 0.25) is 0 Å². The Kier molecular flexibility index (Phi) is 6.08. The first-order valence-electron chi connectivity index (χ1n) is 6.05. The molecule has 0 spiro atoms. The molecule has 0 saturated carbocycles. The molecule has 4 heteroatoms. The lowest BCUT2D eigenvalue weighted by Crippen LogP contribution is -2.26. The van der Waals surface area contributed by atoms with Gasteiger partial charge in [-0.2, -0.15) is 0 Å². The number of nitrogens with zero attached hydrogens (tertiary/aromatic N) is 2. The number of carbonyl (C=O) groups is 1. The fourth-order valence-electron chi connectivity index (χ4n) is 1.57. The molecule has 1 aromatic rings. The van der Waals surface area contributed by atoms with E-state index in [4.69, 9.17) is 4.74 Å². The van der Waals surface area contributed by atoms with Crippen molar-refractivity contribution >= 4 is 5.97 Å². The topological polar surface area (TPSA) is 42.4 Å². The third-order valence-electron chi connectivity index (χ3n) is 2.56. The minimum absolute atomic E-state index is 0.312. The molecule has 1 rings (SSSR count). The third-order valence-corrected chi connectivity index (χ3v) is 2.56. The molecule has 1 heterocycles. The summed E-state index contributed by atoms with van der Waals surface area (Å²) < 4.78 is 4.89. The van der Waals surface area contributed by atoms with E-state index in [0.29, 0.717) is 18.7 Å². The van der Waals surface area contributed by atoms with E-state index < -0.39 is 0 Å². The smallest absolute Gasteiger partial charge is 0.334 e. The molecule has 4 nitrogen and oxygen atoms in total. The van der Waals surface area contributed by atoms with Crippen molar-refractivity contribution in [3.05, 3.63) is 42.2 Å². The van der Waals surface area contributed by atoms with E-state index >= 15 is 0 Å². The molecule has 0 aliphatic rings. The van der Waals surface area contributed by atoms with Crippen molar-refractivity contribution in [1.29, 1.82) is 0 Å². The van der Waals surface area contributed by atoms with E-state index in [2.05, 4.69) is 16.5 Å². The quantitative estimate of drug-likeness (QED) is 0.544. The van der Waals surface area contributed by atoms with Crippen LogP contribution in [0.25, 0.3) is 0 Å². The zero-order valence-electron chi connectivity index (χ0n) is 11.1. The van der Waals surface area contributed by atoms with Gasteiger partial charge in [0.05, 0.1) is 6.61 Å². The van der Waals surface area contributed by atoms with Gasteiger partial charge in [0.2, 0.25) is 0 Å². The predicted octanol–water partition coefficient (Wildman–Crippen LogP) is 1.68. The molecule has 0 unspecified atom stereocenters. The maximum Gasteiger partial charge on any atom is 0.334 e. The number of ether oxygens (including phenoxy) is 1. The molecule has 0 radical (unpaired) electrons. The standard InChI is InChI=1S/C14H20N2O2/c1-4-18-14(17)12(2)11-16(3)10-7-13-5-8-15-9-6-13/h5-6,8-9H,2,4,7,10-11H2,1,3H3. The summed E-state index contributed by atoms with van der Waals surface area (Å²) in [6.45, 7) is 7.31. The summed E-state index contributed by atoms with van der Waals surface area (Å²) in [7, 11) is 1.96. The van der Waals surface area contributed by atoms with Gasteiger partial charge in [-0.05, 0) is 38.1 Å². The van der Waals surface area contributed by atoms with Crippen molar-refractivity contribution in [3.63, 3.8) is 0 Å². The van der Waals surface area contributed by atoms with Crippen LogP contribution >= 0.6 is 0 Å². The Morgan fingerprint density at radius 3 is 2.72 bits per heavy atom. The number of hydrogen-bond acceptors (Lipinski definition) is 4. The first-order chi connectivity index (χ1) is 8.63. The Balaban J connectivity index is 2.31. The van der Waals surface area contributed by atoms with Crippen molar-refractivity contribution in [2.75, 3.05) is 26.7 Å². The van der Waals surface area contributed by atoms with Crippen LogP contribution in [-0.2, 0) is 16.0 Å². The average Bonchev–Trinajstić information content (AvgIpc) is 2.38. The molecule has 0 fully saturated rings. The maximum atomic E-state index is 11.4. The fraction of sp³-hybridized carbons (Fsp3) is 0.429. The van der Waals surface area contributed by atoms with E-state index in [1.807, 2.05) is 19.2 Å². The van der Waals surface area contributed by atoms with Crippen molar-refractivity contribution in [2.24, 2.45) is 0 Å². The van der Waals surface area contributed by atoms with E-state index in [1.54, 1.807) is 19.3 Å². The normalized spacial score (nSPS) is 10.4. The summed E-state index contributed by atoms with van der Waals surface area (Å²) in [5.41, 5.74) is 1.73. The number of likely N-dealkylation sites (N-methyl/N-ethyl adjacent to an activating group) is 1. The molecule has 0 atom stereocenters. The van der Waals surface area contributed by atoms with Crippen LogP contribution in [0.15, 0.2) is 36.7 Å². The van der Waals surface area contributed by atoms with E-state index in [9.17, 15) is 4.79 Å². The van der Waals surface area contributed by atoms with Gasteiger partial charge in [0.15, 0.2) is 0 Å². The minimum atomic E-state index is -0.312. The van der Waals surface area contributed by atoms with Crippen LogP contribution in [0.4, 0.5) is 0 Å². The Morgan fingerprint density at radius 1 is 1.44 bits per heavy atom. The highest BCUT2D eigenvalue weighted by atomic mass is 16.5. The van der Waals surface area contributed by atoms with Gasteiger partial charge in [-0.1, -0.05) is 6.58 Å². The number of esters is 1. The maximum absolute atomic E-state index is 11.4. The summed E-state index contributed by atoms with van der Waals surface area (Å²) >= 11 is 0. The van der Waals surface area contributed by atoms with Crippen molar-refractivity contribution in [3.8, 4) is 0 Å². The SMILES string of the molecule is C=C(CN(C)CCc1ccncc1)C(=O)OCC. The number of rotatable bonds is 7. The van der Waals surface area contributed by atoms with Crippen LogP contribution in [0, 0.1) is 0 Å². The Hall–Kier alpha value is -1.68.